The maximum absolute atomic E-state index is 11.4. The maximum atomic E-state index is 11.4. The van der Waals surface area contributed by atoms with Crippen molar-refractivity contribution < 1.29 is 9.53 Å². The van der Waals surface area contributed by atoms with Gasteiger partial charge in [-0.3, -0.25) is 4.79 Å². The van der Waals surface area contributed by atoms with Gasteiger partial charge in [-0.05, 0) is 40.3 Å². The number of carbonyl (C=O) groups is 1. The maximum Gasteiger partial charge on any atom is 0.311 e. The average Bonchev–Trinajstić information content (AvgIpc) is 2.12. The third-order valence-corrected chi connectivity index (χ3v) is 2.24. The van der Waals surface area contributed by atoms with Crippen LogP contribution in [0.5, 0.6) is 0 Å². The second-order valence-corrected chi connectivity index (χ2v) is 3.83. The highest BCUT2D eigenvalue weighted by Crippen LogP contribution is 2.21. The molecule has 13 heavy (non-hydrogen) atoms. The number of hydrogen-bond acceptors (Lipinski definition) is 3. The molecule has 1 N–H and O–H groups in total. The first-order valence-corrected chi connectivity index (χ1v) is 4.86. The predicted octanol–water partition coefficient (Wildman–Crippen LogP) is 1.58. The molecule has 0 unspecified atom stereocenters. The molecule has 78 valence electrons. The van der Waals surface area contributed by atoms with Crippen molar-refractivity contribution >= 4 is 5.97 Å². The van der Waals surface area contributed by atoms with Crippen LogP contribution in [0.15, 0.2) is 0 Å². The fraction of sp³-hybridized carbons (Fsp3) is 0.900. The lowest BCUT2D eigenvalue weighted by molar-refractivity contribution is -0.154. The van der Waals surface area contributed by atoms with Gasteiger partial charge in [-0.1, -0.05) is 6.92 Å². The summed E-state index contributed by atoms with van der Waals surface area (Å²) < 4.78 is 5.12. The van der Waals surface area contributed by atoms with Gasteiger partial charge in [0.2, 0.25) is 0 Å². The first-order valence-electron chi connectivity index (χ1n) is 4.86. The van der Waals surface area contributed by atoms with E-state index in [1.165, 1.54) is 0 Å². The van der Waals surface area contributed by atoms with Crippen LogP contribution < -0.4 is 5.32 Å². The van der Waals surface area contributed by atoms with Crippen molar-refractivity contribution in [3.8, 4) is 0 Å². The van der Waals surface area contributed by atoms with Gasteiger partial charge in [0.25, 0.3) is 0 Å². The molecule has 0 heterocycles. The molecule has 0 aromatic carbocycles. The third-order valence-electron chi connectivity index (χ3n) is 2.24. The smallest absolute Gasteiger partial charge is 0.311 e. The summed E-state index contributed by atoms with van der Waals surface area (Å²) in [6.07, 6.45) is 1.69. The van der Waals surface area contributed by atoms with Gasteiger partial charge in [-0.25, -0.2) is 0 Å². The van der Waals surface area contributed by atoms with Gasteiger partial charge in [-0.15, -0.1) is 0 Å². The predicted molar refractivity (Wildman–Crippen MR) is 53.6 cm³/mol. The van der Waals surface area contributed by atoms with Crippen molar-refractivity contribution in [1.29, 1.82) is 0 Å². The summed E-state index contributed by atoms with van der Waals surface area (Å²) in [5.74, 6) is -0.0916. The number of ether oxygens (including phenoxy) is 1. The normalized spacial score (nSPS) is 11.4. The summed E-state index contributed by atoms with van der Waals surface area (Å²) in [7, 11) is 1.89. The van der Waals surface area contributed by atoms with E-state index in [9.17, 15) is 4.79 Å². The second-order valence-electron chi connectivity index (χ2n) is 3.83. The van der Waals surface area contributed by atoms with E-state index >= 15 is 0 Å². The van der Waals surface area contributed by atoms with Crippen molar-refractivity contribution in [1.82, 2.24) is 5.32 Å². The van der Waals surface area contributed by atoms with Crippen molar-refractivity contribution in [2.24, 2.45) is 5.41 Å². The number of esters is 1. The van der Waals surface area contributed by atoms with Crippen LogP contribution in [0.1, 0.15) is 33.6 Å². The summed E-state index contributed by atoms with van der Waals surface area (Å²) in [5, 5.41) is 3.00. The Balaban J connectivity index is 3.62. The van der Waals surface area contributed by atoms with Gasteiger partial charge in [0.15, 0.2) is 0 Å². The zero-order valence-electron chi connectivity index (χ0n) is 9.14. The van der Waals surface area contributed by atoms with E-state index in [0.29, 0.717) is 6.61 Å². The van der Waals surface area contributed by atoms with Gasteiger partial charge in [0.1, 0.15) is 0 Å². The number of carbonyl (C=O) groups excluding carboxylic acids is 1. The minimum Gasteiger partial charge on any atom is -0.465 e. The number of hydrogen-bond donors (Lipinski definition) is 1. The minimum absolute atomic E-state index is 0.0916. The molecule has 3 heteroatoms. The highest BCUT2D eigenvalue weighted by atomic mass is 16.5. The van der Waals surface area contributed by atoms with Gasteiger partial charge < -0.3 is 10.1 Å². The molecule has 0 aromatic heterocycles. The number of nitrogens with one attached hydrogen (secondary N) is 1. The zero-order chi connectivity index (χ0) is 10.3. The Morgan fingerprint density at radius 3 is 2.54 bits per heavy atom. The van der Waals surface area contributed by atoms with Gasteiger partial charge >= 0.3 is 5.97 Å². The molecular formula is C10H21NO2. The van der Waals surface area contributed by atoms with E-state index in [1.54, 1.807) is 0 Å². The van der Waals surface area contributed by atoms with Gasteiger partial charge in [0.05, 0.1) is 12.0 Å². The molecule has 0 rings (SSSR count). The molecule has 0 bridgehead atoms. The van der Waals surface area contributed by atoms with Gasteiger partial charge in [-0.2, -0.15) is 0 Å². The molecule has 0 aliphatic rings. The zero-order valence-corrected chi connectivity index (χ0v) is 9.14. The van der Waals surface area contributed by atoms with E-state index in [4.69, 9.17) is 4.74 Å². The highest BCUT2D eigenvalue weighted by molar-refractivity contribution is 5.75. The molecule has 3 nitrogen and oxygen atoms in total. The SMILES string of the molecule is CCC(C)(C)C(=O)OCCCNC. The lowest BCUT2D eigenvalue weighted by Gasteiger charge is -2.20. The Morgan fingerprint density at radius 1 is 1.46 bits per heavy atom. The lowest BCUT2D eigenvalue weighted by atomic mass is 9.91. The highest BCUT2D eigenvalue weighted by Gasteiger charge is 2.26. The molecule has 0 saturated heterocycles. The van der Waals surface area contributed by atoms with Crippen molar-refractivity contribution in [2.45, 2.75) is 33.6 Å². The first kappa shape index (κ1) is 12.4. The van der Waals surface area contributed by atoms with E-state index < -0.39 is 0 Å². The molecule has 0 aliphatic carbocycles. The van der Waals surface area contributed by atoms with Crippen LogP contribution in [0.3, 0.4) is 0 Å². The van der Waals surface area contributed by atoms with Crippen LogP contribution >= 0.6 is 0 Å². The molecule has 0 radical (unpaired) electrons. The molecule has 0 aromatic rings. The van der Waals surface area contributed by atoms with Crippen LogP contribution in [0.4, 0.5) is 0 Å². The van der Waals surface area contributed by atoms with Crippen LogP contribution in [-0.4, -0.2) is 26.2 Å². The summed E-state index contributed by atoms with van der Waals surface area (Å²) in [4.78, 5) is 11.4. The molecule has 0 aliphatic heterocycles. The molecule has 0 atom stereocenters. The number of rotatable bonds is 6. The standard InChI is InChI=1S/C10H21NO2/c1-5-10(2,3)9(12)13-8-6-7-11-4/h11H,5-8H2,1-4H3. The topological polar surface area (TPSA) is 38.3 Å². The fourth-order valence-electron chi connectivity index (χ4n) is 0.754. The molecule has 0 amide bonds. The fourth-order valence-corrected chi connectivity index (χ4v) is 0.754. The quantitative estimate of drug-likeness (QED) is 0.507. The minimum atomic E-state index is -0.334. The Kier molecular flexibility index (Phi) is 5.71. The largest absolute Gasteiger partial charge is 0.465 e. The van der Waals surface area contributed by atoms with E-state index in [1.807, 2.05) is 27.8 Å². The van der Waals surface area contributed by atoms with Crippen LogP contribution in [0.25, 0.3) is 0 Å². The Bertz CT molecular complexity index is 155. The summed E-state index contributed by atoms with van der Waals surface area (Å²) in [5.41, 5.74) is -0.334. The van der Waals surface area contributed by atoms with E-state index in [-0.39, 0.29) is 11.4 Å². The summed E-state index contributed by atoms with van der Waals surface area (Å²) in [6.45, 7) is 7.22. The third kappa shape index (κ3) is 4.88. The second kappa shape index (κ2) is 5.97. The Hall–Kier alpha value is -0.570. The first-order chi connectivity index (χ1) is 6.04. The summed E-state index contributed by atoms with van der Waals surface area (Å²) in [6, 6.07) is 0. The van der Waals surface area contributed by atoms with E-state index in [0.717, 1.165) is 19.4 Å². The monoisotopic (exact) mass is 187 g/mol. The van der Waals surface area contributed by atoms with Gasteiger partial charge in [0, 0.05) is 0 Å². The van der Waals surface area contributed by atoms with Crippen molar-refractivity contribution in [3.05, 3.63) is 0 Å². The lowest BCUT2D eigenvalue weighted by Crippen LogP contribution is -2.26. The van der Waals surface area contributed by atoms with Crippen molar-refractivity contribution in [2.75, 3.05) is 20.2 Å². The van der Waals surface area contributed by atoms with Crippen LogP contribution in [0.2, 0.25) is 0 Å². The van der Waals surface area contributed by atoms with Crippen molar-refractivity contribution in [3.63, 3.8) is 0 Å². The van der Waals surface area contributed by atoms with E-state index in [2.05, 4.69) is 5.32 Å². The van der Waals surface area contributed by atoms with Crippen LogP contribution in [-0.2, 0) is 9.53 Å². The Morgan fingerprint density at radius 2 is 2.08 bits per heavy atom. The molecule has 0 saturated carbocycles. The molecular weight excluding hydrogens is 166 g/mol. The summed E-state index contributed by atoms with van der Waals surface area (Å²) >= 11 is 0. The average molecular weight is 187 g/mol. The van der Waals surface area contributed by atoms with Crippen LogP contribution in [0, 0.1) is 5.41 Å². The Labute approximate surface area is 80.8 Å². The molecule has 0 spiro atoms. The molecule has 0 fully saturated rings.